The first-order valence-corrected chi connectivity index (χ1v) is 16.7. The molecule has 0 atom stereocenters. The largest absolute Gasteiger partial charge is 0.454 e. The molecule has 0 N–H and O–H groups in total. The van der Waals surface area contributed by atoms with E-state index >= 15 is 0 Å². The maximum absolute atomic E-state index is 10.1. The Morgan fingerprint density at radius 1 is 0.316 bits per heavy atom. The summed E-state index contributed by atoms with van der Waals surface area (Å²) >= 11 is 0. The fraction of sp³-hybridized carbons (Fsp3) is 0. The number of fused-ring (bicyclic) bond motifs is 9. The molecular formula is C54H34N2O. The fourth-order valence-corrected chi connectivity index (χ4v) is 6.77. The molecule has 0 bridgehead atoms. The summed E-state index contributed by atoms with van der Waals surface area (Å²) in [6.07, 6.45) is 0. The molecule has 3 aromatic heterocycles. The first kappa shape index (κ1) is 13.0. The summed E-state index contributed by atoms with van der Waals surface area (Å²) in [5.41, 5.74) is -11.4. The lowest BCUT2D eigenvalue weighted by atomic mass is 10.0. The standard InChI is InChI=1S/C54H34N2O/c1-3-14-35(15-4-1)37-18-13-19-41(30-37)55-48-23-10-7-20-42(48)45-31-38(26-28-50(45)55)39-27-29-51-46(32-39)43-21-8-11-24-49(43)56(51)52-34-40(36-16-5-2-6-17-36)33-47-44-22-9-12-25-53(44)57-54(47)52/h1-34H/i1D,2D,3D,4D,5D,6D,7D,8D,9D,10D,11D,12D,13D,14D,15D,16D,17D,18D,19D,20D,21D,22D,23D,24D,25D,26D,27D,28D,29D,30D,31D,32D,33D,34D. The first-order chi connectivity index (χ1) is 42.4. The SMILES string of the molecule is [2H]c1c([2H])c([2H])c(-c2c([2H])c([2H])c([2H])c(-n3c4c([2H])c([2H])c([2H])c([2H])c4c4c([2H])c(-c5c([2H])c([2H])c6c(c5[2H])c5c([2H])c([2H])c([2H])c([2H])c5n6-c5c([2H])c(-c6c([2H])c([2H])c([2H])c([2H])c6[2H])c([2H])c6c5oc5c([2H])c([2H])c([2H])c([2H])c56)c([2H])c([2H])c43)c2[2H])c([2H])c1[2H]. The average Bonchev–Trinajstić information content (AvgIpc) is 1.66. The summed E-state index contributed by atoms with van der Waals surface area (Å²) in [5, 5.41) is -4.03. The van der Waals surface area contributed by atoms with E-state index in [1.165, 1.54) is 0 Å². The van der Waals surface area contributed by atoms with Crippen molar-refractivity contribution in [2.45, 2.75) is 0 Å². The molecular weight excluding hydrogens is 693 g/mol. The molecule has 57 heavy (non-hydrogen) atoms. The number of hydrogen-bond acceptors (Lipinski definition) is 1. The molecule has 3 nitrogen and oxygen atoms in total. The minimum Gasteiger partial charge on any atom is -0.454 e. The molecule has 12 aromatic rings. The van der Waals surface area contributed by atoms with E-state index in [1.807, 2.05) is 0 Å². The minimum absolute atomic E-state index is 0.557. The van der Waals surface area contributed by atoms with E-state index in [-0.39, 0.29) is 0 Å². The van der Waals surface area contributed by atoms with E-state index in [2.05, 4.69) is 0 Å². The zero-order valence-electron chi connectivity index (χ0n) is 62.3. The Hall–Kier alpha value is -7.62. The van der Waals surface area contributed by atoms with E-state index in [1.54, 1.807) is 0 Å². The molecule has 3 heterocycles. The van der Waals surface area contributed by atoms with Gasteiger partial charge in [-0.25, -0.2) is 0 Å². The maximum atomic E-state index is 10.1. The number of furan rings is 1. The van der Waals surface area contributed by atoms with Crippen molar-refractivity contribution >= 4 is 65.6 Å². The van der Waals surface area contributed by atoms with Crippen LogP contribution >= 0.6 is 0 Å². The smallest absolute Gasteiger partial charge is 0.159 e. The molecule has 9 aromatic carbocycles. The highest BCUT2D eigenvalue weighted by atomic mass is 16.3. The van der Waals surface area contributed by atoms with Crippen LogP contribution in [0, 0.1) is 0 Å². The molecule has 266 valence electrons. The van der Waals surface area contributed by atoms with Crippen molar-refractivity contribution in [3.8, 4) is 44.8 Å². The summed E-state index contributed by atoms with van der Waals surface area (Å²) in [6.45, 7) is 0. The van der Waals surface area contributed by atoms with Crippen LogP contribution in [0.25, 0.3) is 110 Å². The molecule has 0 saturated heterocycles. The first-order valence-electron chi connectivity index (χ1n) is 33.7. The van der Waals surface area contributed by atoms with Gasteiger partial charge in [-0.15, -0.1) is 0 Å². The van der Waals surface area contributed by atoms with Crippen molar-refractivity contribution in [3.05, 3.63) is 205 Å². The maximum Gasteiger partial charge on any atom is 0.159 e. The number of hydrogen-bond donors (Lipinski definition) is 0. The second kappa shape index (κ2) is 12.5. The predicted molar refractivity (Wildman–Crippen MR) is 239 cm³/mol. The van der Waals surface area contributed by atoms with Crippen LogP contribution in [-0.4, -0.2) is 9.13 Å². The van der Waals surface area contributed by atoms with E-state index in [0.29, 0.717) is 4.57 Å². The Kier molecular flexibility index (Phi) is 2.84. The van der Waals surface area contributed by atoms with Crippen molar-refractivity contribution in [3.63, 3.8) is 0 Å². The van der Waals surface area contributed by atoms with Gasteiger partial charge in [0.1, 0.15) is 5.58 Å². The minimum atomic E-state index is -1.16. The summed E-state index contributed by atoms with van der Waals surface area (Å²) in [5.74, 6) is 0. The number of nitrogens with zero attached hydrogens (tertiary/aromatic N) is 2. The van der Waals surface area contributed by atoms with Gasteiger partial charge >= 0.3 is 0 Å². The van der Waals surface area contributed by atoms with Crippen molar-refractivity contribution in [2.75, 3.05) is 0 Å². The predicted octanol–water partition coefficient (Wildman–Crippen LogP) is 14.8. The van der Waals surface area contributed by atoms with Crippen LogP contribution in [0.2, 0.25) is 0 Å². The highest BCUT2D eigenvalue weighted by Crippen LogP contribution is 2.42. The number of rotatable bonds is 5. The van der Waals surface area contributed by atoms with Crippen LogP contribution in [0.15, 0.2) is 210 Å². The third-order valence-electron chi connectivity index (χ3n) is 9.17. The van der Waals surface area contributed by atoms with Gasteiger partial charge < -0.3 is 13.6 Å². The molecule has 0 fully saturated rings. The molecule has 0 amide bonds. The Balaban J connectivity index is 1.29. The molecule has 0 spiro atoms. The zero-order valence-corrected chi connectivity index (χ0v) is 28.3. The van der Waals surface area contributed by atoms with Gasteiger partial charge in [-0.05, 0) is 99.8 Å². The third kappa shape index (κ3) is 4.92. The highest BCUT2D eigenvalue weighted by molar-refractivity contribution is 6.15. The normalized spacial score (nSPS) is 20.2. The Bertz CT molecular complexity index is 5470. The van der Waals surface area contributed by atoms with Crippen LogP contribution in [0.1, 0.15) is 46.6 Å². The summed E-state index contributed by atoms with van der Waals surface area (Å²) in [6, 6.07) is -33.6. The van der Waals surface area contributed by atoms with E-state index in [4.69, 9.17) is 31.8 Å². The average molecular weight is 761 g/mol. The van der Waals surface area contributed by atoms with E-state index in [0.717, 1.165) is 4.57 Å². The second-order valence-electron chi connectivity index (χ2n) is 12.3. The summed E-state index contributed by atoms with van der Waals surface area (Å²) in [7, 11) is 0. The van der Waals surface area contributed by atoms with Gasteiger partial charge in [-0.1, -0.05) is 139 Å². The lowest BCUT2D eigenvalue weighted by Crippen LogP contribution is -1.95. The van der Waals surface area contributed by atoms with Crippen molar-refractivity contribution in [2.24, 2.45) is 0 Å². The molecule has 0 aliphatic rings. The van der Waals surface area contributed by atoms with Crippen molar-refractivity contribution < 1.29 is 51.0 Å². The van der Waals surface area contributed by atoms with E-state index < -0.39 is 316 Å². The van der Waals surface area contributed by atoms with Crippen LogP contribution in [0.5, 0.6) is 0 Å². The van der Waals surface area contributed by atoms with Crippen molar-refractivity contribution in [1.82, 2.24) is 9.13 Å². The van der Waals surface area contributed by atoms with Gasteiger partial charge in [-0.3, -0.25) is 0 Å². The van der Waals surface area contributed by atoms with Crippen LogP contribution in [-0.2, 0) is 0 Å². The van der Waals surface area contributed by atoms with Crippen LogP contribution < -0.4 is 0 Å². The topological polar surface area (TPSA) is 23.0 Å². The van der Waals surface area contributed by atoms with Crippen LogP contribution in [0.4, 0.5) is 0 Å². The molecule has 0 saturated carbocycles. The quantitative estimate of drug-likeness (QED) is 0.171. The number of aromatic nitrogens is 2. The monoisotopic (exact) mass is 760 g/mol. The van der Waals surface area contributed by atoms with Gasteiger partial charge in [0.15, 0.2) is 5.58 Å². The lowest BCUT2D eigenvalue weighted by Gasteiger charge is -2.12. The van der Waals surface area contributed by atoms with Gasteiger partial charge in [0.2, 0.25) is 0 Å². The molecule has 0 radical (unpaired) electrons. The highest BCUT2D eigenvalue weighted by Gasteiger charge is 2.20. The lowest BCUT2D eigenvalue weighted by molar-refractivity contribution is 0.666. The van der Waals surface area contributed by atoms with E-state index in [9.17, 15) is 19.2 Å². The van der Waals surface area contributed by atoms with Gasteiger partial charge in [-0.2, -0.15) is 0 Å². The van der Waals surface area contributed by atoms with Gasteiger partial charge in [0.05, 0.1) is 74.4 Å². The zero-order chi connectivity index (χ0) is 67.0. The Labute approximate surface area is 376 Å². The molecule has 0 unspecified atom stereocenters. The molecule has 0 aliphatic heterocycles. The van der Waals surface area contributed by atoms with Gasteiger partial charge in [0, 0.05) is 38.0 Å². The molecule has 12 rings (SSSR count). The summed E-state index contributed by atoms with van der Waals surface area (Å²) in [4.78, 5) is 0. The second-order valence-corrected chi connectivity index (χ2v) is 12.3. The summed E-state index contributed by atoms with van der Waals surface area (Å²) < 4.78 is 317. The van der Waals surface area contributed by atoms with Crippen LogP contribution in [0.3, 0.4) is 0 Å². The molecule has 0 aliphatic carbocycles. The fourth-order valence-electron chi connectivity index (χ4n) is 6.77. The van der Waals surface area contributed by atoms with Crippen molar-refractivity contribution in [1.29, 1.82) is 0 Å². The third-order valence-corrected chi connectivity index (χ3v) is 9.17. The number of para-hydroxylation sites is 3. The number of benzene rings is 9. The Morgan fingerprint density at radius 2 is 0.807 bits per heavy atom. The van der Waals surface area contributed by atoms with Gasteiger partial charge in [0.25, 0.3) is 0 Å². The molecule has 3 heteroatoms. The Morgan fingerprint density at radius 3 is 1.49 bits per heavy atom.